The van der Waals surface area contributed by atoms with Crippen LogP contribution in [0.3, 0.4) is 0 Å². The third-order valence-corrected chi connectivity index (χ3v) is 7.44. The fourth-order valence-corrected chi connectivity index (χ4v) is 5.08. The summed E-state index contributed by atoms with van der Waals surface area (Å²) in [6, 6.07) is 0. The summed E-state index contributed by atoms with van der Waals surface area (Å²) in [7, 11) is 0. The number of hydrogen-bond acceptors (Lipinski definition) is 5. The average molecular weight is 510 g/mol. The van der Waals surface area contributed by atoms with E-state index >= 15 is 0 Å². The Morgan fingerprint density at radius 3 is 1.75 bits per heavy atom. The highest BCUT2D eigenvalue weighted by Gasteiger charge is 2.42. The topological polar surface area (TPSA) is 95.7 Å². The van der Waals surface area contributed by atoms with Gasteiger partial charge in [0.15, 0.2) is 0 Å². The van der Waals surface area contributed by atoms with Gasteiger partial charge in [0, 0.05) is 19.3 Å². The molecule has 6 nitrogen and oxygen atoms in total. The van der Waals surface area contributed by atoms with Crippen LogP contribution in [0.1, 0.15) is 155 Å². The lowest BCUT2D eigenvalue weighted by Crippen LogP contribution is -2.46. The van der Waals surface area contributed by atoms with Gasteiger partial charge < -0.3 is 15.2 Å². The first-order valence-corrected chi connectivity index (χ1v) is 15.2. The Morgan fingerprint density at radius 1 is 0.778 bits per heavy atom. The fourth-order valence-electron chi connectivity index (χ4n) is 5.08. The number of carbonyl (C=O) groups excluding carboxylic acids is 3. The van der Waals surface area contributed by atoms with Gasteiger partial charge in [-0.25, -0.2) is 0 Å². The molecule has 1 amide bonds. The van der Waals surface area contributed by atoms with Crippen LogP contribution >= 0.6 is 0 Å². The van der Waals surface area contributed by atoms with Crippen LogP contribution in [0.15, 0.2) is 0 Å². The molecule has 2 N–H and O–H groups in total. The summed E-state index contributed by atoms with van der Waals surface area (Å²) in [5, 5.41) is 0. The van der Waals surface area contributed by atoms with Crippen molar-refractivity contribution >= 4 is 17.8 Å². The van der Waals surface area contributed by atoms with Gasteiger partial charge in [-0.2, -0.15) is 0 Å². The van der Waals surface area contributed by atoms with Crippen molar-refractivity contribution in [2.24, 2.45) is 11.7 Å². The second kappa shape index (κ2) is 21.5. The molecule has 1 saturated heterocycles. The van der Waals surface area contributed by atoms with Crippen molar-refractivity contribution in [2.75, 3.05) is 0 Å². The van der Waals surface area contributed by atoms with Crippen LogP contribution in [-0.2, 0) is 23.9 Å². The molecule has 1 aliphatic rings. The van der Waals surface area contributed by atoms with Crippen LogP contribution in [-0.4, -0.2) is 30.1 Å². The molecular weight excluding hydrogens is 454 g/mol. The number of primary amides is 1. The average Bonchev–Trinajstić information content (AvgIpc) is 2.83. The van der Waals surface area contributed by atoms with E-state index in [9.17, 15) is 14.4 Å². The third kappa shape index (κ3) is 16.2. The predicted molar refractivity (Wildman–Crippen MR) is 145 cm³/mol. The number of esters is 2. The molecule has 0 saturated carbocycles. The maximum atomic E-state index is 12.3. The molecule has 0 spiro atoms. The maximum Gasteiger partial charge on any atom is 0.313 e. The zero-order valence-electron chi connectivity index (χ0n) is 23.4. The largest absolute Gasteiger partial charge is 0.462 e. The number of carbonyl (C=O) groups is 3. The van der Waals surface area contributed by atoms with E-state index in [0.717, 1.165) is 25.7 Å². The van der Waals surface area contributed by atoms with E-state index in [4.69, 9.17) is 15.2 Å². The van der Waals surface area contributed by atoms with Gasteiger partial charge in [0.1, 0.15) is 12.2 Å². The molecule has 1 heterocycles. The number of unbranched alkanes of at least 4 members (excludes halogenated alkanes) is 15. The van der Waals surface area contributed by atoms with E-state index in [-0.39, 0.29) is 36.0 Å². The van der Waals surface area contributed by atoms with Crippen LogP contribution in [0.25, 0.3) is 0 Å². The van der Waals surface area contributed by atoms with Gasteiger partial charge in [0.2, 0.25) is 5.91 Å². The molecule has 0 aromatic heterocycles. The van der Waals surface area contributed by atoms with Crippen molar-refractivity contribution in [3.05, 3.63) is 0 Å². The van der Waals surface area contributed by atoms with Crippen molar-refractivity contribution in [3.8, 4) is 0 Å². The SMILES string of the molecule is CCCCCCCCCCCCCCCCC[C@@H](C[C@@H]1OC(=O)[C@H]1CC)OC(=O)CCCCC(N)=O. The number of hydrogen-bond donors (Lipinski definition) is 1. The summed E-state index contributed by atoms with van der Waals surface area (Å²) in [6.45, 7) is 4.26. The highest BCUT2D eigenvalue weighted by Crippen LogP contribution is 2.31. The number of cyclic esters (lactones) is 1. The van der Waals surface area contributed by atoms with Gasteiger partial charge in [-0.3, -0.25) is 14.4 Å². The fraction of sp³-hybridized carbons (Fsp3) is 0.900. The first-order chi connectivity index (χ1) is 17.5. The minimum Gasteiger partial charge on any atom is -0.462 e. The number of ether oxygens (including phenoxy) is 2. The second-order valence-electron chi connectivity index (χ2n) is 10.7. The Morgan fingerprint density at radius 2 is 1.28 bits per heavy atom. The van der Waals surface area contributed by atoms with Crippen LogP contribution in [0.4, 0.5) is 0 Å². The number of nitrogens with two attached hydrogens (primary N) is 1. The minimum atomic E-state index is -0.341. The lowest BCUT2D eigenvalue weighted by atomic mass is 9.89. The standard InChI is InChI=1S/C30H55NO5/c1-3-5-6-7-8-9-10-11-12-13-14-15-16-17-18-21-25(24-27-26(4-2)30(34)36-27)35-29(33)23-20-19-22-28(31)32/h25-27H,3-24H2,1-2H3,(H2,31,32)/t25-,26-,27-/m0/s1. The summed E-state index contributed by atoms with van der Waals surface area (Å²) in [5.41, 5.74) is 5.16. The molecule has 36 heavy (non-hydrogen) atoms. The molecule has 1 fully saturated rings. The Kier molecular flexibility index (Phi) is 19.4. The first-order valence-electron chi connectivity index (χ1n) is 15.2. The van der Waals surface area contributed by atoms with Crippen molar-refractivity contribution in [1.29, 1.82) is 0 Å². The number of amides is 1. The second-order valence-corrected chi connectivity index (χ2v) is 10.7. The van der Waals surface area contributed by atoms with Crippen molar-refractivity contribution < 1.29 is 23.9 Å². The Balaban J connectivity index is 2.14. The monoisotopic (exact) mass is 509 g/mol. The van der Waals surface area contributed by atoms with Gasteiger partial charge in [0.05, 0.1) is 5.92 Å². The molecule has 0 aliphatic carbocycles. The zero-order valence-corrected chi connectivity index (χ0v) is 23.4. The Labute approximate surface area is 220 Å². The summed E-state index contributed by atoms with van der Waals surface area (Å²) < 4.78 is 11.1. The van der Waals surface area contributed by atoms with E-state index in [1.54, 1.807) is 0 Å². The third-order valence-electron chi connectivity index (χ3n) is 7.44. The zero-order chi connectivity index (χ0) is 26.4. The molecular formula is C30H55NO5. The summed E-state index contributed by atoms with van der Waals surface area (Å²) in [4.78, 5) is 34.8. The number of rotatable bonds is 25. The quantitative estimate of drug-likeness (QED) is 0.101. The molecule has 0 radical (unpaired) electrons. The smallest absolute Gasteiger partial charge is 0.313 e. The van der Waals surface area contributed by atoms with Crippen LogP contribution < -0.4 is 5.73 Å². The molecule has 6 heteroatoms. The Hall–Kier alpha value is -1.59. The lowest BCUT2D eigenvalue weighted by molar-refractivity contribution is -0.189. The van der Waals surface area contributed by atoms with E-state index in [2.05, 4.69) is 6.92 Å². The van der Waals surface area contributed by atoms with Gasteiger partial charge in [-0.15, -0.1) is 0 Å². The van der Waals surface area contributed by atoms with Gasteiger partial charge >= 0.3 is 11.9 Å². The van der Waals surface area contributed by atoms with Crippen molar-refractivity contribution in [3.63, 3.8) is 0 Å². The van der Waals surface area contributed by atoms with Crippen molar-refractivity contribution in [2.45, 2.75) is 167 Å². The predicted octanol–water partition coefficient (Wildman–Crippen LogP) is 7.55. The van der Waals surface area contributed by atoms with Gasteiger partial charge in [-0.1, -0.05) is 104 Å². The van der Waals surface area contributed by atoms with Crippen LogP contribution in [0.5, 0.6) is 0 Å². The highest BCUT2D eigenvalue weighted by molar-refractivity contribution is 5.78. The molecule has 1 rings (SSSR count). The van der Waals surface area contributed by atoms with E-state index in [1.165, 1.54) is 83.5 Å². The maximum absolute atomic E-state index is 12.3. The van der Waals surface area contributed by atoms with Crippen LogP contribution in [0.2, 0.25) is 0 Å². The van der Waals surface area contributed by atoms with E-state index in [0.29, 0.717) is 32.1 Å². The lowest BCUT2D eigenvalue weighted by Gasteiger charge is -2.36. The van der Waals surface area contributed by atoms with Crippen molar-refractivity contribution in [1.82, 2.24) is 0 Å². The minimum absolute atomic E-state index is 0.0668. The van der Waals surface area contributed by atoms with E-state index in [1.807, 2.05) is 6.92 Å². The normalized spacial score (nSPS) is 17.9. The molecule has 210 valence electrons. The first kappa shape index (κ1) is 32.4. The molecule has 0 unspecified atom stereocenters. The summed E-state index contributed by atoms with van der Waals surface area (Å²) >= 11 is 0. The van der Waals surface area contributed by atoms with Gasteiger partial charge in [-0.05, 0) is 32.1 Å². The summed E-state index contributed by atoms with van der Waals surface area (Å²) in [5.74, 6) is -0.773. The van der Waals surface area contributed by atoms with E-state index < -0.39 is 0 Å². The van der Waals surface area contributed by atoms with Crippen LogP contribution in [0, 0.1) is 5.92 Å². The molecule has 0 bridgehead atoms. The molecule has 0 aromatic rings. The molecule has 3 atom stereocenters. The molecule has 0 aromatic carbocycles. The van der Waals surface area contributed by atoms with Gasteiger partial charge in [0.25, 0.3) is 0 Å². The highest BCUT2D eigenvalue weighted by atomic mass is 16.6. The Bertz CT molecular complexity index is 594. The molecule has 1 aliphatic heterocycles. The summed E-state index contributed by atoms with van der Waals surface area (Å²) in [6.07, 6.45) is 23.5.